The molecular formula is C15H20N2O. The molecule has 2 rings (SSSR count). The number of rotatable bonds is 5. The highest BCUT2D eigenvalue weighted by molar-refractivity contribution is 5.42. The molecule has 1 aromatic carbocycles. The Hall–Kier alpha value is -1.53. The fourth-order valence-corrected chi connectivity index (χ4v) is 2.38. The molecule has 0 heterocycles. The van der Waals surface area contributed by atoms with E-state index in [1.165, 1.54) is 6.42 Å². The summed E-state index contributed by atoms with van der Waals surface area (Å²) >= 11 is 0. The van der Waals surface area contributed by atoms with Crippen molar-refractivity contribution in [1.29, 1.82) is 5.26 Å². The number of nitriles is 1. The molecule has 0 spiro atoms. The summed E-state index contributed by atoms with van der Waals surface area (Å²) in [7, 11) is 3.80. The van der Waals surface area contributed by atoms with Crippen molar-refractivity contribution in [2.45, 2.75) is 19.9 Å². The number of hydrogen-bond acceptors (Lipinski definition) is 3. The number of hydrogen-bond donors (Lipinski definition) is 0. The zero-order valence-electron chi connectivity index (χ0n) is 11.3. The summed E-state index contributed by atoms with van der Waals surface area (Å²) in [6.07, 6.45) is 1.35. The first-order chi connectivity index (χ1) is 8.63. The van der Waals surface area contributed by atoms with Crippen LogP contribution in [-0.4, -0.2) is 25.6 Å². The van der Waals surface area contributed by atoms with Gasteiger partial charge in [0.1, 0.15) is 5.75 Å². The summed E-state index contributed by atoms with van der Waals surface area (Å²) in [6, 6.07) is 7.77. The summed E-state index contributed by atoms with van der Waals surface area (Å²) in [5.74, 6) is 2.59. The summed E-state index contributed by atoms with van der Waals surface area (Å²) in [5, 5.41) is 8.95. The van der Waals surface area contributed by atoms with E-state index in [-0.39, 0.29) is 0 Å². The van der Waals surface area contributed by atoms with Gasteiger partial charge in [-0.15, -0.1) is 0 Å². The second-order valence-corrected chi connectivity index (χ2v) is 5.31. The quantitative estimate of drug-likeness (QED) is 0.799. The van der Waals surface area contributed by atoms with Gasteiger partial charge < -0.3 is 9.64 Å². The Morgan fingerprint density at radius 3 is 2.78 bits per heavy atom. The minimum absolute atomic E-state index is 0.694. The molecule has 1 aliphatic carbocycles. The molecule has 0 aliphatic heterocycles. The van der Waals surface area contributed by atoms with Crippen molar-refractivity contribution >= 4 is 0 Å². The maximum absolute atomic E-state index is 8.95. The third-order valence-electron chi connectivity index (χ3n) is 3.67. The van der Waals surface area contributed by atoms with Crippen molar-refractivity contribution in [3.05, 3.63) is 29.3 Å². The van der Waals surface area contributed by atoms with E-state index in [1.807, 2.05) is 12.1 Å². The van der Waals surface area contributed by atoms with Crippen LogP contribution in [-0.2, 0) is 6.54 Å². The third-order valence-corrected chi connectivity index (χ3v) is 3.67. The van der Waals surface area contributed by atoms with Crippen LogP contribution in [0.3, 0.4) is 0 Å². The Labute approximate surface area is 109 Å². The molecule has 0 N–H and O–H groups in total. The highest BCUT2D eigenvalue weighted by Gasteiger charge is 2.33. The maximum Gasteiger partial charge on any atom is 0.123 e. The molecule has 2 atom stereocenters. The fourth-order valence-electron chi connectivity index (χ4n) is 2.38. The Bertz CT molecular complexity index is 464. The molecule has 0 amide bonds. The molecule has 3 heteroatoms. The molecule has 18 heavy (non-hydrogen) atoms. The standard InChI is InChI=1S/C15H20N2O/c1-11-6-13(11)9-17(2)10-14-7-12(8-16)4-5-15(14)18-3/h4-5,7,11,13H,6,9-10H2,1-3H3. The van der Waals surface area contributed by atoms with Crippen LogP contribution in [0.15, 0.2) is 18.2 Å². The van der Waals surface area contributed by atoms with Crippen molar-refractivity contribution in [3.63, 3.8) is 0 Å². The summed E-state index contributed by atoms with van der Waals surface area (Å²) in [5.41, 5.74) is 1.78. The maximum atomic E-state index is 8.95. The zero-order valence-corrected chi connectivity index (χ0v) is 11.3. The largest absolute Gasteiger partial charge is 0.496 e. The Kier molecular flexibility index (Phi) is 3.88. The predicted molar refractivity (Wildman–Crippen MR) is 71.3 cm³/mol. The summed E-state index contributed by atoms with van der Waals surface area (Å²) in [6.45, 7) is 4.26. The lowest BCUT2D eigenvalue weighted by atomic mass is 10.1. The summed E-state index contributed by atoms with van der Waals surface area (Å²) in [4.78, 5) is 2.31. The second-order valence-electron chi connectivity index (χ2n) is 5.31. The van der Waals surface area contributed by atoms with Crippen LogP contribution in [0.25, 0.3) is 0 Å². The lowest BCUT2D eigenvalue weighted by molar-refractivity contribution is 0.300. The number of ether oxygens (including phenoxy) is 1. The van der Waals surface area contributed by atoms with Gasteiger partial charge in [0.25, 0.3) is 0 Å². The van der Waals surface area contributed by atoms with Gasteiger partial charge in [-0.2, -0.15) is 5.26 Å². The van der Waals surface area contributed by atoms with Gasteiger partial charge in [0.2, 0.25) is 0 Å². The lowest BCUT2D eigenvalue weighted by Gasteiger charge is -2.18. The van der Waals surface area contributed by atoms with E-state index >= 15 is 0 Å². The molecule has 2 unspecified atom stereocenters. The van der Waals surface area contributed by atoms with Gasteiger partial charge >= 0.3 is 0 Å². The van der Waals surface area contributed by atoms with E-state index in [0.717, 1.165) is 36.2 Å². The monoisotopic (exact) mass is 244 g/mol. The van der Waals surface area contributed by atoms with Crippen molar-refractivity contribution < 1.29 is 4.74 Å². The van der Waals surface area contributed by atoms with Crippen molar-refractivity contribution in [1.82, 2.24) is 4.90 Å². The van der Waals surface area contributed by atoms with E-state index in [9.17, 15) is 0 Å². The smallest absolute Gasteiger partial charge is 0.123 e. The van der Waals surface area contributed by atoms with Crippen LogP contribution < -0.4 is 4.74 Å². The summed E-state index contributed by atoms with van der Waals surface area (Å²) < 4.78 is 5.35. The molecule has 1 saturated carbocycles. The van der Waals surface area contributed by atoms with Gasteiger partial charge in [-0.1, -0.05) is 6.92 Å². The van der Waals surface area contributed by atoms with Crippen molar-refractivity contribution in [3.8, 4) is 11.8 Å². The topological polar surface area (TPSA) is 36.3 Å². The molecule has 1 aliphatic rings. The Morgan fingerprint density at radius 2 is 2.22 bits per heavy atom. The predicted octanol–water partition coefficient (Wildman–Crippen LogP) is 2.65. The van der Waals surface area contributed by atoms with Crippen LogP contribution in [0.4, 0.5) is 0 Å². The number of methoxy groups -OCH3 is 1. The lowest BCUT2D eigenvalue weighted by Crippen LogP contribution is -2.21. The minimum atomic E-state index is 0.694. The highest BCUT2D eigenvalue weighted by atomic mass is 16.5. The number of nitrogens with zero attached hydrogens (tertiary/aromatic N) is 2. The van der Waals surface area contributed by atoms with Crippen LogP contribution >= 0.6 is 0 Å². The van der Waals surface area contributed by atoms with Gasteiger partial charge in [0.05, 0.1) is 18.7 Å². The van der Waals surface area contributed by atoms with E-state index in [4.69, 9.17) is 10.00 Å². The molecule has 96 valence electrons. The van der Waals surface area contributed by atoms with E-state index in [0.29, 0.717) is 5.56 Å². The van der Waals surface area contributed by atoms with Crippen LogP contribution in [0.1, 0.15) is 24.5 Å². The first kappa shape index (κ1) is 12.9. The van der Waals surface area contributed by atoms with E-state index < -0.39 is 0 Å². The van der Waals surface area contributed by atoms with Gasteiger partial charge in [-0.25, -0.2) is 0 Å². The third kappa shape index (κ3) is 3.02. The SMILES string of the molecule is COc1ccc(C#N)cc1CN(C)CC1CC1C. The molecule has 1 aromatic rings. The first-order valence-electron chi connectivity index (χ1n) is 6.39. The fraction of sp³-hybridized carbons (Fsp3) is 0.533. The molecular weight excluding hydrogens is 224 g/mol. The van der Waals surface area contributed by atoms with E-state index in [1.54, 1.807) is 13.2 Å². The molecule has 0 bridgehead atoms. The highest BCUT2D eigenvalue weighted by Crippen LogP contribution is 2.38. The van der Waals surface area contributed by atoms with Gasteiger partial charge in [0, 0.05) is 18.7 Å². The normalized spacial score (nSPS) is 21.7. The van der Waals surface area contributed by atoms with E-state index in [2.05, 4.69) is 24.9 Å². The van der Waals surface area contributed by atoms with Crippen molar-refractivity contribution in [2.75, 3.05) is 20.7 Å². The van der Waals surface area contributed by atoms with Crippen molar-refractivity contribution in [2.24, 2.45) is 11.8 Å². The second kappa shape index (κ2) is 5.41. The minimum Gasteiger partial charge on any atom is -0.496 e. The van der Waals surface area contributed by atoms with Gasteiger partial charge in [-0.3, -0.25) is 0 Å². The van der Waals surface area contributed by atoms with Crippen LogP contribution in [0, 0.1) is 23.2 Å². The molecule has 0 saturated heterocycles. The molecule has 1 fully saturated rings. The van der Waals surface area contributed by atoms with Gasteiger partial charge in [-0.05, 0) is 43.5 Å². The average molecular weight is 244 g/mol. The zero-order chi connectivity index (χ0) is 13.1. The Morgan fingerprint density at radius 1 is 1.50 bits per heavy atom. The van der Waals surface area contributed by atoms with Crippen LogP contribution in [0.2, 0.25) is 0 Å². The molecule has 0 aromatic heterocycles. The molecule has 0 radical (unpaired) electrons. The van der Waals surface area contributed by atoms with Crippen LogP contribution in [0.5, 0.6) is 5.75 Å². The van der Waals surface area contributed by atoms with Gasteiger partial charge in [0.15, 0.2) is 0 Å². The molecule has 3 nitrogen and oxygen atoms in total. The Balaban J connectivity index is 2.04. The average Bonchev–Trinajstić information content (AvgIpc) is 3.04. The number of benzene rings is 1. The first-order valence-corrected chi connectivity index (χ1v) is 6.39.